The number of ether oxygens (including phenoxy) is 1. The average molecular weight is 276 g/mol. The van der Waals surface area contributed by atoms with Crippen molar-refractivity contribution < 1.29 is 13.9 Å². The summed E-state index contributed by atoms with van der Waals surface area (Å²) in [5, 5.41) is 0. The number of hydrogen-bond donors (Lipinski definition) is 0. The highest BCUT2D eigenvalue weighted by molar-refractivity contribution is 5.83. The van der Waals surface area contributed by atoms with E-state index in [2.05, 4.69) is 13.8 Å². The largest absolute Gasteiger partial charge is 0.374 e. The number of halogens is 1. The summed E-state index contributed by atoms with van der Waals surface area (Å²) in [5.74, 6) is -0.488. The van der Waals surface area contributed by atoms with E-state index in [1.54, 1.807) is 19.2 Å². The molecule has 0 bridgehead atoms. The molecule has 0 saturated heterocycles. The van der Waals surface area contributed by atoms with Gasteiger partial charge in [-0.3, -0.25) is 0 Å². The maximum absolute atomic E-state index is 13.1. The summed E-state index contributed by atoms with van der Waals surface area (Å²) >= 11 is 0. The van der Waals surface area contributed by atoms with Crippen molar-refractivity contribution in [3.05, 3.63) is 41.7 Å². The molecule has 0 amide bonds. The second kappa shape index (κ2) is 5.13. The molecular weight excluding hydrogens is 255 g/mol. The molecule has 2 nitrogen and oxygen atoms in total. The number of carbonyl (C=O) groups is 1. The number of hydrogen-bond acceptors (Lipinski definition) is 2. The van der Waals surface area contributed by atoms with E-state index in [1.165, 1.54) is 12.1 Å². The Morgan fingerprint density at radius 1 is 1.25 bits per heavy atom. The van der Waals surface area contributed by atoms with Crippen LogP contribution in [0.1, 0.15) is 32.8 Å². The van der Waals surface area contributed by atoms with Crippen LogP contribution in [0.25, 0.3) is 5.57 Å². The van der Waals surface area contributed by atoms with Gasteiger partial charge in [0.1, 0.15) is 12.1 Å². The zero-order valence-electron chi connectivity index (χ0n) is 12.4. The van der Waals surface area contributed by atoms with Crippen molar-refractivity contribution >= 4 is 11.9 Å². The van der Waals surface area contributed by atoms with Gasteiger partial charge in [0.05, 0.1) is 5.60 Å². The lowest BCUT2D eigenvalue weighted by molar-refractivity contribution is -0.113. The van der Waals surface area contributed by atoms with E-state index in [4.69, 9.17) is 4.74 Å². The van der Waals surface area contributed by atoms with Crippen LogP contribution < -0.4 is 0 Å². The third-order valence-electron chi connectivity index (χ3n) is 4.22. The summed E-state index contributed by atoms with van der Waals surface area (Å²) in [5.41, 5.74) is 1.18. The van der Waals surface area contributed by atoms with Crippen LogP contribution in [0, 0.1) is 17.2 Å². The van der Waals surface area contributed by atoms with E-state index in [1.807, 2.05) is 13.0 Å². The number of benzene rings is 1. The Labute approximate surface area is 119 Å². The molecule has 0 N–H and O–H groups in total. The maximum Gasteiger partial charge on any atom is 0.127 e. The summed E-state index contributed by atoms with van der Waals surface area (Å²) in [7, 11) is 1.68. The van der Waals surface area contributed by atoms with Crippen molar-refractivity contribution in [2.75, 3.05) is 7.11 Å². The molecule has 0 fully saturated rings. The summed E-state index contributed by atoms with van der Waals surface area (Å²) < 4.78 is 18.7. The monoisotopic (exact) mass is 276 g/mol. The smallest absolute Gasteiger partial charge is 0.127 e. The van der Waals surface area contributed by atoms with Crippen molar-refractivity contribution in [3.63, 3.8) is 0 Å². The Morgan fingerprint density at radius 3 is 2.35 bits per heavy atom. The molecule has 0 saturated carbocycles. The molecule has 1 aromatic carbocycles. The van der Waals surface area contributed by atoms with Crippen LogP contribution >= 0.6 is 0 Å². The van der Waals surface area contributed by atoms with Crippen molar-refractivity contribution in [1.29, 1.82) is 0 Å². The zero-order valence-corrected chi connectivity index (χ0v) is 12.4. The molecule has 1 aliphatic carbocycles. The van der Waals surface area contributed by atoms with E-state index in [-0.39, 0.29) is 17.2 Å². The van der Waals surface area contributed by atoms with E-state index in [0.29, 0.717) is 0 Å². The molecule has 2 unspecified atom stereocenters. The molecule has 3 heteroatoms. The van der Waals surface area contributed by atoms with Gasteiger partial charge >= 0.3 is 0 Å². The Hall–Kier alpha value is -1.48. The Balaban J connectivity index is 2.55. The van der Waals surface area contributed by atoms with Gasteiger partial charge in [0.2, 0.25) is 0 Å². The van der Waals surface area contributed by atoms with E-state index < -0.39 is 5.60 Å². The van der Waals surface area contributed by atoms with Crippen molar-refractivity contribution in [3.8, 4) is 0 Å². The van der Waals surface area contributed by atoms with E-state index in [9.17, 15) is 9.18 Å². The standard InChI is InChI=1S/C17H21FO2/c1-16(2)11-17(3,20-4)9-14(15(16)10-19)12-5-7-13(18)8-6-12/h5-10,15H,11H2,1-4H3. The van der Waals surface area contributed by atoms with Gasteiger partial charge in [-0.05, 0) is 48.1 Å². The maximum atomic E-state index is 13.1. The molecule has 2 rings (SSSR count). The highest BCUT2D eigenvalue weighted by Crippen LogP contribution is 2.48. The normalized spacial score (nSPS) is 28.9. The van der Waals surface area contributed by atoms with E-state index >= 15 is 0 Å². The van der Waals surface area contributed by atoms with Gasteiger partial charge in [0.25, 0.3) is 0 Å². The number of methoxy groups -OCH3 is 1. The van der Waals surface area contributed by atoms with Gasteiger partial charge in [-0.15, -0.1) is 0 Å². The molecule has 108 valence electrons. The minimum Gasteiger partial charge on any atom is -0.374 e. The predicted molar refractivity (Wildman–Crippen MR) is 77.7 cm³/mol. The topological polar surface area (TPSA) is 26.3 Å². The van der Waals surface area contributed by atoms with Crippen LogP contribution in [-0.2, 0) is 9.53 Å². The summed E-state index contributed by atoms with van der Waals surface area (Å²) in [4.78, 5) is 11.6. The fourth-order valence-electron chi connectivity index (χ4n) is 3.20. The molecule has 0 radical (unpaired) electrons. The third-order valence-corrected chi connectivity index (χ3v) is 4.22. The third kappa shape index (κ3) is 2.68. The van der Waals surface area contributed by atoms with Gasteiger partial charge in [-0.2, -0.15) is 0 Å². The van der Waals surface area contributed by atoms with Crippen molar-refractivity contribution in [1.82, 2.24) is 0 Å². The minimum absolute atomic E-state index is 0.203. The quantitative estimate of drug-likeness (QED) is 0.784. The number of allylic oxidation sites excluding steroid dienone is 1. The molecule has 0 heterocycles. The zero-order chi connectivity index (χ0) is 15.0. The van der Waals surface area contributed by atoms with Gasteiger partial charge in [0, 0.05) is 13.0 Å². The van der Waals surface area contributed by atoms with Crippen LogP contribution in [0.4, 0.5) is 4.39 Å². The molecular formula is C17H21FO2. The second-order valence-corrected chi connectivity index (χ2v) is 6.40. The van der Waals surface area contributed by atoms with Gasteiger partial charge in [-0.25, -0.2) is 4.39 Å². The number of carbonyl (C=O) groups excluding carboxylic acids is 1. The minimum atomic E-state index is -0.410. The summed E-state index contributed by atoms with van der Waals surface area (Å²) in [6.45, 7) is 6.15. The molecule has 1 aromatic rings. The van der Waals surface area contributed by atoms with Gasteiger partial charge < -0.3 is 9.53 Å². The first-order valence-electron chi connectivity index (χ1n) is 6.80. The molecule has 20 heavy (non-hydrogen) atoms. The lowest BCUT2D eigenvalue weighted by Gasteiger charge is -2.44. The first-order chi connectivity index (χ1) is 9.31. The van der Waals surface area contributed by atoms with Crippen LogP contribution in [-0.4, -0.2) is 19.0 Å². The Morgan fingerprint density at radius 2 is 1.85 bits per heavy atom. The average Bonchev–Trinajstić information content (AvgIpc) is 2.38. The Bertz CT molecular complexity index is 530. The highest BCUT2D eigenvalue weighted by Gasteiger charge is 2.43. The van der Waals surface area contributed by atoms with Gasteiger partial charge in [0.15, 0.2) is 0 Å². The van der Waals surface area contributed by atoms with Gasteiger partial charge in [-0.1, -0.05) is 26.0 Å². The fraction of sp³-hybridized carbons (Fsp3) is 0.471. The lowest BCUT2D eigenvalue weighted by Crippen LogP contribution is -2.41. The predicted octanol–water partition coefficient (Wildman–Crippen LogP) is 3.86. The van der Waals surface area contributed by atoms with Crippen LogP contribution in [0.3, 0.4) is 0 Å². The van der Waals surface area contributed by atoms with Crippen LogP contribution in [0.2, 0.25) is 0 Å². The molecule has 1 aliphatic rings. The fourth-order valence-corrected chi connectivity index (χ4v) is 3.20. The van der Waals surface area contributed by atoms with Crippen molar-refractivity contribution in [2.24, 2.45) is 11.3 Å². The lowest BCUT2D eigenvalue weighted by atomic mass is 9.63. The summed E-state index contributed by atoms with van der Waals surface area (Å²) in [6.07, 6.45) is 3.76. The first-order valence-corrected chi connectivity index (χ1v) is 6.80. The second-order valence-electron chi connectivity index (χ2n) is 6.40. The number of rotatable bonds is 3. The Kier molecular flexibility index (Phi) is 3.83. The molecule has 2 atom stereocenters. The summed E-state index contributed by atoms with van der Waals surface area (Å²) in [6, 6.07) is 6.28. The first kappa shape index (κ1) is 14.9. The van der Waals surface area contributed by atoms with Crippen LogP contribution in [0.5, 0.6) is 0 Å². The SMILES string of the molecule is COC1(C)C=C(c2ccc(F)cc2)C(C=O)C(C)(C)C1. The number of aldehydes is 1. The van der Waals surface area contributed by atoms with Crippen molar-refractivity contribution in [2.45, 2.75) is 32.8 Å². The molecule has 0 aromatic heterocycles. The van der Waals surface area contributed by atoms with Crippen LogP contribution in [0.15, 0.2) is 30.3 Å². The molecule has 0 aliphatic heterocycles. The molecule has 0 spiro atoms. The highest BCUT2D eigenvalue weighted by atomic mass is 19.1. The van der Waals surface area contributed by atoms with E-state index in [0.717, 1.165) is 23.8 Å².